The lowest BCUT2D eigenvalue weighted by molar-refractivity contribution is 0.103. The van der Waals surface area contributed by atoms with Crippen molar-refractivity contribution >= 4 is 40.5 Å². The summed E-state index contributed by atoms with van der Waals surface area (Å²) in [6.45, 7) is 0. The highest BCUT2D eigenvalue weighted by Crippen LogP contribution is 2.33. The van der Waals surface area contributed by atoms with Crippen LogP contribution >= 0.6 is 34.7 Å². The molecule has 98 valence electrons. The second-order valence-corrected chi connectivity index (χ2v) is 6.99. The molecular formula is C14H10ClFOS2. The van der Waals surface area contributed by atoms with Gasteiger partial charge in [0.15, 0.2) is 0 Å². The summed E-state index contributed by atoms with van der Waals surface area (Å²) in [5.41, 5.74) is 1.31. The molecule has 0 atom stereocenters. The molecule has 19 heavy (non-hydrogen) atoms. The number of ketones is 1. The summed E-state index contributed by atoms with van der Waals surface area (Å²) in [4.78, 5) is 14.2. The van der Waals surface area contributed by atoms with Crippen molar-refractivity contribution in [2.75, 3.05) is 5.75 Å². The van der Waals surface area contributed by atoms with Gasteiger partial charge in [0.1, 0.15) is 5.82 Å². The maximum Gasteiger partial charge on any atom is 0.205 e. The summed E-state index contributed by atoms with van der Waals surface area (Å²) in [6, 6.07) is 6.08. The van der Waals surface area contributed by atoms with Gasteiger partial charge in [-0.15, -0.1) is 11.3 Å². The third-order valence-electron chi connectivity index (χ3n) is 3.03. The molecule has 2 heterocycles. The molecule has 1 aliphatic rings. The quantitative estimate of drug-likeness (QED) is 0.756. The number of hydrogen-bond acceptors (Lipinski definition) is 3. The largest absolute Gasteiger partial charge is 0.288 e. The summed E-state index contributed by atoms with van der Waals surface area (Å²) in [6.07, 6.45) is 1.00. The number of benzene rings is 1. The molecule has 1 aromatic carbocycles. The average Bonchev–Trinajstić information content (AvgIpc) is 2.81. The van der Waals surface area contributed by atoms with Gasteiger partial charge in [0.25, 0.3) is 0 Å². The van der Waals surface area contributed by atoms with Crippen LogP contribution in [0.4, 0.5) is 4.39 Å². The molecule has 3 rings (SSSR count). The van der Waals surface area contributed by atoms with E-state index < -0.39 is 5.82 Å². The first kappa shape index (κ1) is 13.2. The van der Waals surface area contributed by atoms with E-state index in [-0.39, 0.29) is 11.3 Å². The normalized spacial score (nSPS) is 14.2. The fourth-order valence-electron chi connectivity index (χ4n) is 2.07. The highest BCUT2D eigenvalue weighted by Gasteiger charge is 2.20. The van der Waals surface area contributed by atoms with E-state index in [1.807, 2.05) is 17.8 Å². The standard InChI is InChI=1S/C14H10ClFOS2/c15-9-1-2-10(11(16)6-9)14(17)13-5-8-7-18-4-3-12(8)19-13/h1-2,5-6H,3-4,7H2. The molecule has 0 amide bonds. The predicted molar refractivity (Wildman–Crippen MR) is 79.0 cm³/mol. The molecule has 1 aliphatic heterocycles. The third-order valence-corrected chi connectivity index (χ3v) is 5.51. The minimum atomic E-state index is -0.557. The number of carbonyl (C=O) groups is 1. The van der Waals surface area contributed by atoms with Crippen LogP contribution in [0.3, 0.4) is 0 Å². The minimum absolute atomic E-state index is 0.0932. The van der Waals surface area contributed by atoms with Crippen molar-refractivity contribution in [2.45, 2.75) is 12.2 Å². The Morgan fingerprint density at radius 2 is 2.16 bits per heavy atom. The monoisotopic (exact) mass is 312 g/mol. The summed E-state index contributed by atoms with van der Waals surface area (Å²) < 4.78 is 13.8. The molecule has 0 aliphatic carbocycles. The Labute approximate surface area is 123 Å². The Morgan fingerprint density at radius 1 is 1.32 bits per heavy atom. The highest BCUT2D eigenvalue weighted by atomic mass is 35.5. The number of rotatable bonds is 2. The van der Waals surface area contributed by atoms with Gasteiger partial charge in [-0.25, -0.2) is 4.39 Å². The molecule has 0 fully saturated rings. The summed E-state index contributed by atoms with van der Waals surface area (Å²) in [5, 5.41) is 0.302. The number of thiophene rings is 1. The van der Waals surface area contributed by atoms with Gasteiger partial charge in [-0.3, -0.25) is 4.79 Å². The second-order valence-electron chi connectivity index (χ2n) is 4.31. The zero-order valence-electron chi connectivity index (χ0n) is 9.91. The first-order valence-corrected chi connectivity index (χ1v) is 8.19. The Hall–Kier alpha value is -0.840. The van der Waals surface area contributed by atoms with Crippen LogP contribution in [-0.2, 0) is 12.2 Å². The van der Waals surface area contributed by atoms with Crippen molar-refractivity contribution < 1.29 is 9.18 Å². The number of thioether (sulfide) groups is 1. The molecule has 0 bridgehead atoms. The fourth-order valence-corrected chi connectivity index (χ4v) is 4.55. The Bertz CT molecular complexity index is 627. The average molecular weight is 313 g/mol. The van der Waals surface area contributed by atoms with Crippen LogP contribution in [0.15, 0.2) is 24.3 Å². The van der Waals surface area contributed by atoms with E-state index in [9.17, 15) is 9.18 Å². The van der Waals surface area contributed by atoms with E-state index in [1.54, 1.807) is 6.07 Å². The molecule has 1 aromatic heterocycles. The van der Waals surface area contributed by atoms with E-state index in [2.05, 4.69) is 0 Å². The molecule has 5 heteroatoms. The van der Waals surface area contributed by atoms with Gasteiger partial charge >= 0.3 is 0 Å². The van der Waals surface area contributed by atoms with Crippen molar-refractivity contribution in [1.82, 2.24) is 0 Å². The SMILES string of the molecule is O=C(c1cc2c(s1)CCSC2)c1ccc(Cl)cc1F. The molecule has 0 N–H and O–H groups in total. The summed E-state index contributed by atoms with van der Waals surface area (Å²) >= 11 is 9.05. The molecule has 0 unspecified atom stereocenters. The van der Waals surface area contributed by atoms with Gasteiger partial charge in [0.2, 0.25) is 5.78 Å². The van der Waals surface area contributed by atoms with Crippen LogP contribution in [0.2, 0.25) is 5.02 Å². The molecule has 0 saturated carbocycles. The van der Waals surface area contributed by atoms with Crippen molar-refractivity contribution in [1.29, 1.82) is 0 Å². The van der Waals surface area contributed by atoms with Crippen LogP contribution in [0, 0.1) is 5.82 Å². The van der Waals surface area contributed by atoms with Gasteiger partial charge in [0, 0.05) is 15.7 Å². The summed E-state index contributed by atoms with van der Waals surface area (Å²) in [5.74, 6) is 1.23. The van der Waals surface area contributed by atoms with Crippen molar-refractivity contribution in [3.8, 4) is 0 Å². The highest BCUT2D eigenvalue weighted by molar-refractivity contribution is 7.98. The molecular weight excluding hydrogens is 303 g/mol. The van der Waals surface area contributed by atoms with Crippen molar-refractivity contribution in [2.24, 2.45) is 0 Å². The van der Waals surface area contributed by atoms with E-state index >= 15 is 0 Å². The molecule has 1 nitrogen and oxygen atoms in total. The lowest BCUT2D eigenvalue weighted by Gasteiger charge is -2.08. The maximum atomic E-state index is 13.8. The molecule has 0 saturated heterocycles. The number of carbonyl (C=O) groups excluding carboxylic acids is 1. The zero-order chi connectivity index (χ0) is 13.4. The van der Waals surface area contributed by atoms with Gasteiger partial charge in [0.05, 0.1) is 10.4 Å². The van der Waals surface area contributed by atoms with E-state index in [1.165, 1.54) is 33.9 Å². The first-order valence-electron chi connectivity index (χ1n) is 5.84. The maximum absolute atomic E-state index is 13.8. The first-order chi connectivity index (χ1) is 9.15. The second kappa shape index (κ2) is 5.27. The number of hydrogen-bond donors (Lipinski definition) is 0. The van der Waals surface area contributed by atoms with Crippen molar-refractivity contribution in [3.63, 3.8) is 0 Å². The van der Waals surface area contributed by atoms with Crippen LogP contribution in [0.5, 0.6) is 0 Å². The van der Waals surface area contributed by atoms with Crippen molar-refractivity contribution in [3.05, 3.63) is 56.0 Å². The predicted octanol–water partition coefficient (Wildman–Crippen LogP) is 4.56. The number of aryl methyl sites for hydroxylation is 1. The molecule has 0 spiro atoms. The van der Waals surface area contributed by atoms with Gasteiger partial charge < -0.3 is 0 Å². The van der Waals surface area contributed by atoms with Gasteiger partial charge in [-0.05, 0) is 42.0 Å². The minimum Gasteiger partial charge on any atom is -0.288 e. The van der Waals surface area contributed by atoms with Crippen LogP contribution in [0.25, 0.3) is 0 Å². The number of fused-ring (bicyclic) bond motifs is 1. The lowest BCUT2D eigenvalue weighted by Crippen LogP contribution is -2.01. The molecule has 0 radical (unpaired) electrons. The topological polar surface area (TPSA) is 17.1 Å². The summed E-state index contributed by atoms with van der Waals surface area (Å²) in [7, 11) is 0. The van der Waals surface area contributed by atoms with Crippen LogP contribution in [0.1, 0.15) is 25.7 Å². The lowest BCUT2D eigenvalue weighted by atomic mass is 10.1. The van der Waals surface area contributed by atoms with Gasteiger partial charge in [-0.1, -0.05) is 11.6 Å². The van der Waals surface area contributed by atoms with Gasteiger partial charge in [-0.2, -0.15) is 11.8 Å². The van der Waals surface area contributed by atoms with E-state index in [4.69, 9.17) is 11.6 Å². The Balaban J connectivity index is 1.97. The molecule has 2 aromatic rings. The third kappa shape index (κ3) is 2.57. The van der Waals surface area contributed by atoms with E-state index in [0.717, 1.165) is 17.9 Å². The van der Waals surface area contributed by atoms with E-state index in [0.29, 0.717) is 9.90 Å². The zero-order valence-corrected chi connectivity index (χ0v) is 12.3. The Morgan fingerprint density at radius 3 is 2.89 bits per heavy atom. The smallest absolute Gasteiger partial charge is 0.205 e. The van der Waals surface area contributed by atoms with Crippen LogP contribution < -0.4 is 0 Å². The van der Waals surface area contributed by atoms with Crippen LogP contribution in [-0.4, -0.2) is 11.5 Å². The fraction of sp³-hybridized carbons (Fsp3) is 0.214. The number of halogens is 2. The Kier molecular flexibility index (Phi) is 3.65.